The second-order valence-corrected chi connectivity index (χ2v) is 8.59. The molecule has 33 heavy (non-hydrogen) atoms. The highest BCUT2D eigenvalue weighted by molar-refractivity contribution is 6.36. The average molecular weight is 450 g/mol. The van der Waals surface area contributed by atoms with Crippen molar-refractivity contribution in [2.24, 2.45) is 5.92 Å². The summed E-state index contributed by atoms with van der Waals surface area (Å²) in [6.45, 7) is 13.3. The molecule has 1 N–H and O–H groups in total. The van der Waals surface area contributed by atoms with Gasteiger partial charge in [-0.2, -0.15) is 0 Å². The van der Waals surface area contributed by atoms with E-state index in [4.69, 9.17) is 4.74 Å². The summed E-state index contributed by atoms with van der Waals surface area (Å²) in [4.78, 5) is 29.9. The third kappa shape index (κ3) is 5.56. The fourth-order valence-corrected chi connectivity index (χ4v) is 3.86. The maximum atomic E-state index is 13.2. The summed E-state index contributed by atoms with van der Waals surface area (Å²) in [6.07, 6.45) is 0.707. The molecule has 1 aliphatic heterocycles. The maximum Gasteiger partial charge on any atom is 0.278 e. The van der Waals surface area contributed by atoms with Crippen LogP contribution >= 0.6 is 0 Å². The molecular formula is C27H35N3O3. The molecule has 1 aliphatic rings. The van der Waals surface area contributed by atoms with Crippen molar-refractivity contribution < 1.29 is 14.3 Å². The Morgan fingerprint density at radius 1 is 0.909 bits per heavy atom. The standard InChI is InChI=1S/C27H35N3O3/c1-6-17-30-26(31)24(20-9-15-23(16-10-20)33-18-19(4)5)25(27(30)32)28-21-11-13-22(14-12-21)29(7-2)8-3/h9-16,19,28H,6-8,17-18H2,1-5H3. The molecule has 1 heterocycles. The van der Waals surface area contributed by atoms with E-state index in [1.165, 1.54) is 4.90 Å². The van der Waals surface area contributed by atoms with Gasteiger partial charge in [0.1, 0.15) is 11.4 Å². The van der Waals surface area contributed by atoms with E-state index < -0.39 is 0 Å². The second-order valence-electron chi connectivity index (χ2n) is 8.59. The van der Waals surface area contributed by atoms with Crippen LogP contribution in [-0.2, 0) is 9.59 Å². The average Bonchev–Trinajstić information content (AvgIpc) is 3.04. The third-order valence-corrected chi connectivity index (χ3v) is 5.61. The van der Waals surface area contributed by atoms with Gasteiger partial charge < -0.3 is 15.0 Å². The Balaban J connectivity index is 1.92. The lowest BCUT2D eigenvalue weighted by Crippen LogP contribution is -2.33. The Morgan fingerprint density at radius 3 is 2.09 bits per heavy atom. The van der Waals surface area contributed by atoms with Crippen LogP contribution < -0.4 is 15.0 Å². The zero-order chi connectivity index (χ0) is 24.0. The molecule has 0 saturated heterocycles. The van der Waals surface area contributed by atoms with Gasteiger partial charge in [-0.25, -0.2) is 0 Å². The summed E-state index contributed by atoms with van der Waals surface area (Å²) >= 11 is 0. The van der Waals surface area contributed by atoms with Crippen LogP contribution in [0.2, 0.25) is 0 Å². The van der Waals surface area contributed by atoms with E-state index in [1.807, 2.05) is 55.5 Å². The number of nitrogens with zero attached hydrogens (tertiary/aromatic N) is 2. The van der Waals surface area contributed by atoms with Crippen LogP contribution in [0, 0.1) is 5.92 Å². The molecule has 0 spiro atoms. The SMILES string of the molecule is CCCN1C(=O)C(Nc2ccc(N(CC)CC)cc2)=C(c2ccc(OCC(C)C)cc2)C1=O. The maximum absolute atomic E-state index is 13.2. The predicted octanol–water partition coefficient (Wildman–Crippen LogP) is 5.17. The molecule has 2 amide bonds. The van der Waals surface area contributed by atoms with Crippen LogP contribution in [0.1, 0.15) is 46.6 Å². The molecule has 2 aromatic carbocycles. The summed E-state index contributed by atoms with van der Waals surface area (Å²) in [7, 11) is 0. The van der Waals surface area contributed by atoms with Gasteiger partial charge in [0.25, 0.3) is 11.8 Å². The minimum atomic E-state index is -0.287. The summed E-state index contributed by atoms with van der Waals surface area (Å²) in [5, 5.41) is 3.23. The minimum absolute atomic E-state index is 0.264. The molecule has 6 nitrogen and oxygen atoms in total. The lowest BCUT2D eigenvalue weighted by Gasteiger charge is -2.21. The molecule has 0 fully saturated rings. The van der Waals surface area contributed by atoms with Gasteiger partial charge in [-0.1, -0.05) is 32.9 Å². The number of nitrogens with one attached hydrogen (secondary N) is 1. The highest BCUT2D eigenvalue weighted by atomic mass is 16.5. The van der Waals surface area contributed by atoms with Crippen LogP contribution in [0.15, 0.2) is 54.2 Å². The fraction of sp³-hybridized carbons (Fsp3) is 0.407. The first-order chi connectivity index (χ1) is 15.9. The van der Waals surface area contributed by atoms with E-state index in [0.29, 0.717) is 42.3 Å². The Morgan fingerprint density at radius 2 is 1.55 bits per heavy atom. The normalized spacial score (nSPS) is 13.8. The van der Waals surface area contributed by atoms with E-state index in [0.717, 1.165) is 30.2 Å². The topological polar surface area (TPSA) is 61.9 Å². The van der Waals surface area contributed by atoms with Gasteiger partial charge in [-0.05, 0) is 68.1 Å². The number of imide groups is 1. The highest BCUT2D eigenvalue weighted by Crippen LogP contribution is 2.32. The zero-order valence-corrected chi connectivity index (χ0v) is 20.4. The van der Waals surface area contributed by atoms with Gasteiger partial charge in [0.2, 0.25) is 0 Å². The molecule has 0 unspecified atom stereocenters. The predicted molar refractivity (Wildman–Crippen MR) is 134 cm³/mol. The number of carbonyl (C=O) groups excluding carboxylic acids is 2. The highest BCUT2D eigenvalue weighted by Gasteiger charge is 2.38. The number of amides is 2. The van der Waals surface area contributed by atoms with E-state index in [1.54, 1.807) is 0 Å². The van der Waals surface area contributed by atoms with Crippen LogP contribution in [-0.4, -0.2) is 43.0 Å². The molecule has 3 rings (SSSR count). The van der Waals surface area contributed by atoms with Crippen molar-refractivity contribution in [2.75, 3.05) is 36.5 Å². The number of ether oxygens (including phenoxy) is 1. The number of carbonyl (C=O) groups is 2. The Hall–Kier alpha value is -3.28. The number of anilines is 2. The van der Waals surface area contributed by atoms with Crippen molar-refractivity contribution in [1.82, 2.24) is 4.90 Å². The molecule has 6 heteroatoms. The summed E-state index contributed by atoms with van der Waals surface area (Å²) < 4.78 is 5.77. The van der Waals surface area contributed by atoms with Crippen molar-refractivity contribution in [3.8, 4) is 5.75 Å². The largest absolute Gasteiger partial charge is 0.493 e. The number of benzene rings is 2. The summed E-state index contributed by atoms with van der Waals surface area (Å²) in [6, 6.07) is 15.3. The zero-order valence-electron chi connectivity index (χ0n) is 20.4. The van der Waals surface area contributed by atoms with Crippen molar-refractivity contribution >= 4 is 28.8 Å². The van der Waals surface area contributed by atoms with Crippen molar-refractivity contribution in [2.45, 2.75) is 41.0 Å². The Labute approximate surface area is 197 Å². The monoisotopic (exact) mass is 449 g/mol. The molecule has 0 saturated carbocycles. The molecular weight excluding hydrogens is 414 g/mol. The first-order valence-electron chi connectivity index (χ1n) is 11.8. The van der Waals surface area contributed by atoms with Gasteiger partial charge in [0.05, 0.1) is 12.2 Å². The van der Waals surface area contributed by atoms with Crippen molar-refractivity contribution in [3.05, 3.63) is 59.8 Å². The van der Waals surface area contributed by atoms with Gasteiger partial charge in [-0.15, -0.1) is 0 Å². The Kier molecular flexibility index (Phi) is 8.15. The minimum Gasteiger partial charge on any atom is -0.493 e. The Bertz CT molecular complexity index is 990. The molecule has 0 aromatic heterocycles. The summed E-state index contributed by atoms with van der Waals surface area (Å²) in [5.74, 6) is 0.620. The first-order valence-corrected chi connectivity index (χ1v) is 11.8. The van der Waals surface area contributed by atoms with Crippen LogP contribution in [0.3, 0.4) is 0 Å². The van der Waals surface area contributed by atoms with E-state index in [9.17, 15) is 9.59 Å². The van der Waals surface area contributed by atoms with Gasteiger partial charge in [-0.3, -0.25) is 14.5 Å². The molecule has 0 aliphatic carbocycles. The molecule has 176 valence electrons. The quantitative estimate of drug-likeness (QED) is 0.480. The third-order valence-electron chi connectivity index (χ3n) is 5.61. The number of hydrogen-bond donors (Lipinski definition) is 1. The van der Waals surface area contributed by atoms with Gasteiger partial charge >= 0.3 is 0 Å². The van der Waals surface area contributed by atoms with E-state index in [-0.39, 0.29) is 11.8 Å². The summed E-state index contributed by atoms with van der Waals surface area (Å²) in [5.41, 5.74) is 3.32. The lowest BCUT2D eigenvalue weighted by atomic mass is 10.0. The van der Waals surface area contributed by atoms with Crippen molar-refractivity contribution in [3.63, 3.8) is 0 Å². The lowest BCUT2D eigenvalue weighted by molar-refractivity contribution is -0.136. The molecule has 0 radical (unpaired) electrons. The number of hydrogen-bond acceptors (Lipinski definition) is 5. The van der Waals surface area contributed by atoms with E-state index in [2.05, 4.69) is 37.9 Å². The van der Waals surface area contributed by atoms with Crippen LogP contribution in [0.5, 0.6) is 5.75 Å². The van der Waals surface area contributed by atoms with E-state index >= 15 is 0 Å². The van der Waals surface area contributed by atoms with Crippen LogP contribution in [0.25, 0.3) is 5.57 Å². The molecule has 0 bridgehead atoms. The van der Waals surface area contributed by atoms with Crippen molar-refractivity contribution in [1.29, 1.82) is 0 Å². The fourth-order valence-electron chi connectivity index (χ4n) is 3.86. The smallest absolute Gasteiger partial charge is 0.278 e. The number of rotatable bonds is 11. The first kappa shape index (κ1) is 24.4. The molecule has 2 aromatic rings. The van der Waals surface area contributed by atoms with Crippen LogP contribution in [0.4, 0.5) is 11.4 Å². The van der Waals surface area contributed by atoms with Gasteiger partial charge in [0.15, 0.2) is 0 Å². The second kappa shape index (κ2) is 11.0. The van der Waals surface area contributed by atoms with Gasteiger partial charge in [0, 0.05) is 31.0 Å². The molecule has 0 atom stereocenters.